The van der Waals surface area contributed by atoms with Crippen LogP contribution in [0.5, 0.6) is 11.5 Å². The molecule has 0 unspecified atom stereocenters. The number of hydrogen-bond donors (Lipinski definition) is 1. The van der Waals surface area contributed by atoms with E-state index < -0.39 is 0 Å². The molecule has 1 amide bonds. The zero-order valence-corrected chi connectivity index (χ0v) is 14.8. The van der Waals surface area contributed by atoms with Crippen LogP contribution in [0.3, 0.4) is 0 Å². The van der Waals surface area contributed by atoms with Crippen LogP contribution in [-0.2, 0) is 11.2 Å². The van der Waals surface area contributed by atoms with Crippen molar-refractivity contribution in [2.45, 2.75) is 6.42 Å². The quantitative estimate of drug-likeness (QED) is 0.491. The molecule has 0 aliphatic carbocycles. The Balaban J connectivity index is 1.43. The van der Waals surface area contributed by atoms with Crippen molar-refractivity contribution < 1.29 is 9.53 Å². The smallest absolute Gasteiger partial charge is 0.228 e. The van der Waals surface area contributed by atoms with E-state index in [0.717, 1.165) is 33.5 Å². The zero-order valence-electron chi connectivity index (χ0n) is 14.8. The van der Waals surface area contributed by atoms with Crippen LogP contribution in [0.25, 0.3) is 10.8 Å². The van der Waals surface area contributed by atoms with Gasteiger partial charge >= 0.3 is 0 Å². The molecule has 0 saturated heterocycles. The highest BCUT2D eigenvalue weighted by Crippen LogP contribution is 2.23. The molecule has 0 saturated carbocycles. The first-order valence-electron chi connectivity index (χ1n) is 8.87. The molecule has 0 heterocycles. The second-order valence-corrected chi connectivity index (χ2v) is 6.35. The molecule has 1 N–H and O–H groups in total. The number of nitrogens with one attached hydrogen (secondary N) is 1. The second-order valence-electron chi connectivity index (χ2n) is 6.35. The van der Waals surface area contributed by atoms with Gasteiger partial charge in [-0.15, -0.1) is 0 Å². The fraction of sp³-hybridized carbons (Fsp3) is 0.0417. The lowest BCUT2D eigenvalue weighted by molar-refractivity contribution is -0.115. The van der Waals surface area contributed by atoms with Crippen LogP contribution in [0.2, 0.25) is 0 Å². The number of carbonyl (C=O) groups is 1. The van der Waals surface area contributed by atoms with Gasteiger partial charge in [-0.2, -0.15) is 0 Å². The van der Waals surface area contributed by atoms with Crippen molar-refractivity contribution in [3.05, 3.63) is 103 Å². The Morgan fingerprint density at radius 1 is 0.704 bits per heavy atom. The Morgan fingerprint density at radius 3 is 2.30 bits per heavy atom. The van der Waals surface area contributed by atoms with E-state index in [4.69, 9.17) is 4.74 Å². The maximum atomic E-state index is 12.4. The normalized spacial score (nSPS) is 10.5. The molecular weight excluding hydrogens is 334 g/mol. The number of rotatable bonds is 5. The van der Waals surface area contributed by atoms with Gasteiger partial charge in [0.1, 0.15) is 11.5 Å². The summed E-state index contributed by atoms with van der Waals surface area (Å²) in [6.45, 7) is 0. The monoisotopic (exact) mass is 353 g/mol. The van der Waals surface area contributed by atoms with E-state index in [2.05, 4.69) is 11.4 Å². The van der Waals surface area contributed by atoms with E-state index in [-0.39, 0.29) is 5.91 Å². The summed E-state index contributed by atoms with van der Waals surface area (Å²) < 4.78 is 5.84. The summed E-state index contributed by atoms with van der Waals surface area (Å²) >= 11 is 0. The molecule has 132 valence electrons. The first kappa shape index (κ1) is 16.9. The van der Waals surface area contributed by atoms with Gasteiger partial charge in [0.2, 0.25) is 5.91 Å². The molecule has 3 nitrogen and oxygen atoms in total. The second kappa shape index (κ2) is 7.75. The Hall–Kier alpha value is -3.59. The summed E-state index contributed by atoms with van der Waals surface area (Å²) in [5.74, 6) is 1.44. The number of carbonyl (C=O) groups excluding carboxylic acids is 1. The molecule has 4 aromatic rings. The third-order valence-corrected chi connectivity index (χ3v) is 4.28. The summed E-state index contributed by atoms with van der Waals surface area (Å²) in [7, 11) is 0. The van der Waals surface area contributed by atoms with Crippen LogP contribution < -0.4 is 10.1 Å². The van der Waals surface area contributed by atoms with Crippen LogP contribution in [0, 0.1) is 0 Å². The number of hydrogen-bond acceptors (Lipinski definition) is 2. The van der Waals surface area contributed by atoms with Crippen LogP contribution in [-0.4, -0.2) is 5.91 Å². The Kier molecular flexibility index (Phi) is 4.84. The SMILES string of the molecule is O=C(Cc1cccc(Oc2ccccc2)c1)Nc1ccc2ccccc2c1. The van der Waals surface area contributed by atoms with Gasteiger partial charge in [0.15, 0.2) is 0 Å². The lowest BCUT2D eigenvalue weighted by atomic mass is 10.1. The molecule has 0 aromatic heterocycles. The van der Waals surface area contributed by atoms with Crippen molar-refractivity contribution in [2.24, 2.45) is 0 Å². The molecule has 0 atom stereocenters. The highest BCUT2D eigenvalue weighted by Gasteiger charge is 2.06. The maximum Gasteiger partial charge on any atom is 0.228 e. The van der Waals surface area contributed by atoms with Crippen molar-refractivity contribution in [3.8, 4) is 11.5 Å². The maximum absolute atomic E-state index is 12.4. The van der Waals surface area contributed by atoms with Gasteiger partial charge in [-0.3, -0.25) is 4.79 Å². The number of fused-ring (bicyclic) bond motifs is 1. The summed E-state index contributed by atoms with van der Waals surface area (Å²) in [6, 6.07) is 31.2. The number of anilines is 1. The number of benzene rings is 4. The summed E-state index contributed by atoms with van der Waals surface area (Å²) in [5.41, 5.74) is 1.71. The standard InChI is InChI=1S/C24H19NO2/c26-24(25-21-14-13-19-8-4-5-9-20(19)17-21)16-18-7-6-12-23(15-18)27-22-10-2-1-3-11-22/h1-15,17H,16H2,(H,25,26). The molecule has 3 heteroatoms. The molecule has 4 aromatic carbocycles. The van der Waals surface area contributed by atoms with Gasteiger partial charge in [-0.1, -0.05) is 60.7 Å². The fourth-order valence-electron chi connectivity index (χ4n) is 3.00. The van der Waals surface area contributed by atoms with Gasteiger partial charge in [-0.05, 0) is 52.7 Å². The molecule has 0 spiro atoms. The highest BCUT2D eigenvalue weighted by atomic mass is 16.5. The molecular formula is C24H19NO2. The van der Waals surface area contributed by atoms with Gasteiger partial charge in [0.05, 0.1) is 6.42 Å². The van der Waals surface area contributed by atoms with Crippen molar-refractivity contribution in [3.63, 3.8) is 0 Å². The predicted molar refractivity (Wildman–Crippen MR) is 109 cm³/mol. The average Bonchev–Trinajstić information content (AvgIpc) is 2.69. The number of ether oxygens (including phenoxy) is 1. The zero-order chi connectivity index (χ0) is 18.5. The van der Waals surface area contributed by atoms with Crippen LogP contribution in [0.1, 0.15) is 5.56 Å². The summed E-state index contributed by atoms with van der Waals surface area (Å²) in [6.07, 6.45) is 0.290. The van der Waals surface area contributed by atoms with E-state index in [1.807, 2.05) is 91.0 Å². The first-order chi connectivity index (χ1) is 13.3. The van der Waals surface area contributed by atoms with E-state index in [1.165, 1.54) is 0 Å². The minimum absolute atomic E-state index is 0.0536. The van der Waals surface area contributed by atoms with Gasteiger partial charge in [-0.25, -0.2) is 0 Å². The highest BCUT2D eigenvalue weighted by molar-refractivity contribution is 5.95. The first-order valence-corrected chi connectivity index (χ1v) is 8.87. The topological polar surface area (TPSA) is 38.3 Å². The van der Waals surface area contributed by atoms with E-state index in [0.29, 0.717) is 6.42 Å². The van der Waals surface area contributed by atoms with E-state index in [9.17, 15) is 4.79 Å². The number of amides is 1. The molecule has 0 radical (unpaired) electrons. The third-order valence-electron chi connectivity index (χ3n) is 4.28. The largest absolute Gasteiger partial charge is 0.457 e. The summed E-state index contributed by atoms with van der Waals surface area (Å²) in [4.78, 5) is 12.4. The average molecular weight is 353 g/mol. The van der Waals surface area contributed by atoms with Gasteiger partial charge < -0.3 is 10.1 Å². The van der Waals surface area contributed by atoms with E-state index >= 15 is 0 Å². The fourth-order valence-corrected chi connectivity index (χ4v) is 3.00. The Bertz CT molecular complexity index is 1070. The van der Waals surface area contributed by atoms with Crippen molar-refractivity contribution in [1.29, 1.82) is 0 Å². The van der Waals surface area contributed by atoms with Crippen LogP contribution in [0.15, 0.2) is 97.1 Å². The van der Waals surface area contributed by atoms with Crippen molar-refractivity contribution in [2.75, 3.05) is 5.32 Å². The molecule has 4 rings (SSSR count). The number of para-hydroxylation sites is 1. The third kappa shape index (κ3) is 4.33. The van der Waals surface area contributed by atoms with Crippen molar-refractivity contribution in [1.82, 2.24) is 0 Å². The van der Waals surface area contributed by atoms with Gasteiger partial charge in [0, 0.05) is 5.69 Å². The lowest BCUT2D eigenvalue weighted by Crippen LogP contribution is -2.14. The Labute approximate surface area is 158 Å². The Morgan fingerprint density at radius 2 is 1.44 bits per heavy atom. The summed E-state index contributed by atoms with van der Waals surface area (Å²) in [5, 5.41) is 5.23. The van der Waals surface area contributed by atoms with E-state index in [1.54, 1.807) is 0 Å². The van der Waals surface area contributed by atoms with Crippen LogP contribution >= 0.6 is 0 Å². The predicted octanol–water partition coefficient (Wildman–Crippen LogP) is 5.81. The minimum Gasteiger partial charge on any atom is -0.457 e. The molecule has 27 heavy (non-hydrogen) atoms. The molecule has 0 aliphatic heterocycles. The molecule has 0 bridgehead atoms. The van der Waals surface area contributed by atoms with Crippen molar-refractivity contribution >= 4 is 22.4 Å². The minimum atomic E-state index is -0.0536. The van der Waals surface area contributed by atoms with Crippen LogP contribution in [0.4, 0.5) is 5.69 Å². The van der Waals surface area contributed by atoms with Gasteiger partial charge in [0.25, 0.3) is 0 Å². The molecule has 0 fully saturated rings. The molecule has 0 aliphatic rings. The lowest BCUT2D eigenvalue weighted by Gasteiger charge is -2.09.